The lowest BCUT2D eigenvalue weighted by molar-refractivity contribution is -0.141. The number of hydrogen-bond donors (Lipinski definition) is 1. The van der Waals surface area contributed by atoms with E-state index in [4.69, 9.17) is 0 Å². The van der Waals surface area contributed by atoms with Crippen LogP contribution in [0.15, 0.2) is 0 Å². The van der Waals surface area contributed by atoms with E-state index in [0.29, 0.717) is 5.91 Å². The van der Waals surface area contributed by atoms with Gasteiger partial charge in [0.2, 0.25) is 5.91 Å². The first kappa shape index (κ1) is 10.9. The molecule has 2 fully saturated rings. The molecule has 2 saturated heterocycles. The first-order valence-electron chi connectivity index (χ1n) is 5.86. The molecular formula is C11H21N3O. The maximum absolute atomic E-state index is 12.4. The van der Waals surface area contributed by atoms with Gasteiger partial charge in [0.25, 0.3) is 0 Å². The Morgan fingerprint density at radius 2 is 1.93 bits per heavy atom. The third-order valence-corrected chi connectivity index (χ3v) is 3.86. The van der Waals surface area contributed by atoms with Gasteiger partial charge in [-0.05, 0) is 33.4 Å². The molecule has 0 aliphatic carbocycles. The molecule has 0 aromatic heterocycles. The van der Waals surface area contributed by atoms with Gasteiger partial charge in [-0.15, -0.1) is 0 Å². The maximum atomic E-state index is 12.4. The Morgan fingerprint density at radius 3 is 2.47 bits per heavy atom. The second kappa shape index (κ2) is 4.10. The molecule has 0 unspecified atom stereocenters. The normalized spacial score (nSPS) is 33.3. The summed E-state index contributed by atoms with van der Waals surface area (Å²) in [5.74, 6) is 0.323. The van der Waals surface area contributed by atoms with Crippen molar-refractivity contribution in [2.75, 3.05) is 39.8 Å². The van der Waals surface area contributed by atoms with Crippen molar-refractivity contribution in [3.8, 4) is 0 Å². The highest BCUT2D eigenvalue weighted by Gasteiger charge is 2.43. The van der Waals surface area contributed by atoms with Gasteiger partial charge in [-0.2, -0.15) is 0 Å². The molecule has 0 bridgehead atoms. The van der Waals surface area contributed by atoms with Crippen molar-refractivity contribution in [2.24, 2.45) is 0 Å². The fourth-order valence-electron chi connectivity index (χ4n) is 2.58. The Hall–Kier alpha value is -0.610. The van der Waals surface area contributed by atoms with Crippen LogP contribution in [0.4, 0.5) is 0 Å². The van der Waals surface area contributed by atoms with Crippen LogP contribution in [-0.2, 0) is 4.79 Å². The second-order valence-corrected chi connectivity index (χ2v) is 4.84. The molecule has 2 aliphatic rings. The van der Waals surface area contributed by atoms with Crippen LogP contribution in [0, 0.1) is 0 Å². The molecule has 2 aliphatic heterocycles. The van der Waals surface area contributed by atoms with Gasteiger partial charge in [-0.25, -0.2) is 0 Å². The predicted molar refractivity (Wildman–Crippen MR) is 59.7 cm³/mol. The molecule has 15 heavy (non-hydrogen) atoms. The van der Waals surface area contributed by atoms with Crippen LogP contribution >= 0.6 is 0 Å². The lowest BCUT2D eigenvalue weighted by Gasteiger charge is -2.38. The summed E-state index contributed by atoms with van der Waals surface area (Å²) in [6.45, 7) is 6.74. The largest absolute Gasteiger partial charge is 0.339 e. The van der Waals surface area contributed by atoms with Gasteiger partial charge in [-0.1, -0.05) is 0 Å². The number of piperazine rings is 1. The standard InChI is InChI=1S/C11H21N3O/c1-11(4-3-7-13(11)2)10(15)14-8-5-12-6-9-14/h12H,3-9H2,1-2H3/t11-/m1/s1. The Labute approximate surface area is 91.6 Å². The van der Waals surface area contributed by atoms with Gasteiger partial charge in [0.05, 0.1) is 5.54 Å². The number of amides is 1. The summed E-state index contributed by atoms with van der Waals surface area (Å²) >= 11 is 0. The number of likely N-dealkylation sites (tertiary alicyclic amines) is 1. The third kappa shape index (κ3) is 1.88. The Morgan fingerprint density at radius 1 is 1.27 bits per heavy atom. The maximum Gasteiger partial charge on any atom is 0.242 e. The van der Waals surface area contributed by atoms with Crippen molar-refractivity contribution in [3.63, 3.8) is 0 Å². The van der Waals surface area contributed by atoms with Crippen molar-refractivity contribution < 1.29 is 4.79 Å². The number of nitrogens with zero attached hydrogens (tertiary/aromatic N) is 2. The zero-order chi connectivity index (χ0) is 10.9. The molecule has 2 rings (SSSR count). The smallest absolute Gasteiger partial charge is 0.242 e. The zero-order valence-corrected chi connectivity index (χ0v) is 9.75. The summed E-state index contributed by atoms with van der Waals surface area (Å²) in [4.78, 5) is 16.6. The van der Waals surface area contributed by atoms with Crippen molar-refractivity contribution in [3.05, 3.63) is 0 Å². The van der Waals surface area contributed by atoms with Gasteiger partial charge >= 0.3 is 0 Å². The molecule has 4 heteroatoms. The van der Waals surface area contributed by atoms with Crippen molar-refractivity contribution >= 4 is 5.91 Å². The van der Waals surface area contributed by atoms with Crippen molar-refractivity contribution in [2.45, 2.75) is 25.3 Å². The minimum atomic E-state index is -0.239. The number of carbonyl (C=O) groups is 1. The van der Waals surface area contributed by atoms with E-state index < -0.39 is 0 Å². The van der Waals surface area contributed by atoms with E-state index in [0.717, 1.165) is 45.6 Å². The van der Waals surface area contributed by atoms with Gasteiger partial charge in [-0.3, -0.25) is 9.69 Å². The van der Waals surface area contributed by atoms with Crippen LogP contribution in [0.3, 0.4) is 0 Å². The van der Waals surface area contributed by atoms with E-state index in [1.54, 1.807) is 0 Å². The Kier molecular flexibility index (Phi) is 2.98. The number of hydrogen-bond acceptors (Lipinski definition) is 3. The first-order valence-corrected chi connectivity index (χ1v) is 5.86. The van der Waals surface area contributed by atoms with Crippen LogP contribution in [0.5, 0.6) is 0 Å². The molecule has 0 radical (unpaired) electrons. The van der Waals surface area contributed by atoms with Crippen LogP contribution < -0.4 is 5.32 Å². The second-order valence-electron chi connectivity index (χ2n) is 4.84. The molecule has 0 aromatic carbocycles. The summed E-state index contributed by atoms with van der Waals surface area (Å²) < 4.78 is 0. The minimum Gasteiger partial charge on any atom is -0.339 e. The lowest BCUT2D eigenvalue weighted by Crippen LogP contribution is -2.57. The molecule has 1 amide bonds. The average Bonchev–Trinajstić information content (AvgIpc) is 2.61. The molecule has 86 valence electrons. The fourth-order valence-corrected chi connectivity index (χ4v) is 2.58. The summed E-state index contributed by atoms with van der Waals surface area (Å²) in [5.41, 5.74) is -0.239. The van der Waals surface area contributed by atoms with Gasteiger partial charge in [0, 0.05) is 26.2 Å². The number of carbonyl (C=O) groups excluding carboxylic acids is 1. The Balaban J connectivity index is 2.05. The first-order chi connectivity index (χ1) is 7.14. The molecule has 0 spiro atoms. The Bertz CT molecular complexity index is 250. The quantitative estimate of drug-likeness (QED) is 0.658. The number of nitrogens with one attached hydrogen (secondary N) is 1. The van der Waals surface area contributed by atoms with Crippen molar-refractivity contribution in [1.29, 1.82) is 0 Å². The highest BCUT2D eigenvalue weighted by atomic mass is 16.2. The lowest BCUT2D eigenvalue weighted by atomic mass is 9.97. The summed E-state index contributed by atoms with van der Waals surface area (Å²) in [7, 11) is 2.06. The third-order valence-electron chi connectivity index (χ3n) is 3.86. The highest BCUT2D eigenvalue weighted by Crippen LogP contribution is 2.29. The van der Waals surface area contributed by atoms with E-state index in [9.17, 15) is 4.79 Å². The van der Waals surface area contributed by atoms with Crippen molar-refractivity contribution in [1.82, 2.24) is 15.1 Å². The van der Waals surface area contributed by atoms with Crippen LogP contribution in [0.2, 0.25) is 0 Å². The average molecular weight is 211 g/mol. The van der Waals surface area contributed by atoms with Crippen LogP contribution in [0.25, 0.3) is 0 Å². The molecular weight excluding hydrogens is 190 g/mol. The molecule has 1 atom stereocenters. The fraction of sp³-hybridized carbons (Fsp3) is 0.909. The highest BCUT2D eigenvalue weighted by molar-refractivity contribution is 5.86. The topological polar surface area (TPSA) is 35.6 Å². The summed E-state index contributed by atoms with van der Waals surface area (Å²) in [5, 5.41) is 3.28. The zero-order valence-electron chi connectivity index (χ0n) is 9.75. The number of rotatable bonds is 1. The SMILES string of the molecule is CN1CCC[C@]1(C)C(=O)N1CCNCC1. The van der Waals surface area contributed by atoms with Crippen LogP contribution in [-0.4, -0.2) is 61.0 Å². The van der Waals surface area contributed by atoms with E-state index in [1.807, 2.05) is 4.90 Å². The van der Waals surface area contributed by atoms with E-state index in [1.165, 1.54) is 0 Å². The van der Waals surface area contributed by atoms with E-state index in [2.05, 4.69) is 24.2 Å². The molecule has 1 N–H and O–H groups in total. The van der Waals surface area contributed by atoms with E-state index >= 15 is 0 Å². The monoisotopic (exact) mass is 211 g/mol. The summed E-state index contributed by atoms with van der Waals surface area (Å²) in [6, 6.07) is 0. The van der Waals surface area contributed by atoms with Gasteiger partial charge in [0.1, 0.15) is 0 Å². The molecule has 2 heterocycles. The minimum absolute atomic E-state index is 0.239. The number of likely N-dealkylation sites (N-methyl/N-ethyl adjacent to an activating group) is 1. The molecule has 0 saturated carbocycles. The van der Waals surface area contributed by atoms with Crippen LogP contribution in [0.1, 0.15) is 19.8 Å². The predicted octanol–water partition coefficient (Wildman–Crippen LogP) is -0.0975. The molecule has 0 aromatic rings. The summed E-state index contributed by atoms with van der Waals surface area (Å²) in [6.07, 6.45) is 2.15. The van der Waals surface area contributed by atoms with Gasteiger partial charge < -0.3 is 10.2 Å². The van der Waals surface area contributed by atoms with Gasteiger partial charge in [0.15, 0.2) is 0 Å². The molecule has 4 nitrogen and oxygen atoms in total. The van der Waals surface area contributed by atoms with E-state index in [-0.39, 0.29) is 5.54 Å².